The van der Waals surface area contributed by atoms with E-state index in [1.165, 1.54) is 12.0 Å². The molecule has 0 aliphatic rings. The van der Waals surface area contributed by atoms with Gasteiger partial charge in [0.2, 0.25) is 0 Å². The van der Waals surface area contributed by atoms with Crippen molar-refractivity contribution in [2.75, 3.05) is 24.5 Å². The molecule has 0 aliphatic carbocycles. The van der Waals surface area contributed by atoms with Crippen molar-refractivity contribution < 1.29 is 9.21 Å². The Balaban J connectivity index is 1.73. The molecule has 0 saturated carbocycles. The summed E-state index contributed by atoms with van der Waals surface area (Å²) in [6, 6.07) is 13.7. The van der Waals surface area contributed by atoms with Crippen LogP contribution >= 0.6 is 0 Å². The number of nitrogens with one attached hydrogen (secondary N) is 1. The molecule has 0 fully saturated rings. The highest BCUT2D eigenvalue weighted by Crippen LogP contribution is 2.12. The molecular formula is C16H20N2O2. The normalized spacial score (nSPS) is 10.2. The van der Waals surface area contributed by atoms with E-state index in [0.717, 1.165) is 19.5 Å². The van der Waals surface area contributed by atoms with Crippen LogP contribution in [-0.2, 0) is 0 Å². The van der Waals surface area contributed by atoms with Crippen molar-refractivity contribution in [3.05, 3.63) is 54.5 Å². The number of anilines is 1. The van der Waals surface area contributed by atoms with Crippen LogP contribution in [0.25, 0.3) is 0 Å². The third-order valence-corrected chi connectivity index (χ3v) is 3.14. The van der Waals surface area contributed by atoms with Gasteiger partial charge in [-0.25, -0.2) is 0 Å². The SMILES string of the molecule is CCN(CCCNC(=O)c1ccco1)c1ccccc1. The Kier molecular flexibility index (Phi) is 5.24. The van der Waals surface area contributed by atoms with Gasteiger partial charge >= 0.3 is 0 Å². The first-order chi connectivity index (χ1) is 9.81. The predicted molar refractivity (Wildman–Crippen MR) is 80.0 cm³/mol. The second-order valence-electron chi connectivity index (χ2n) is 4.50. The summed E-state index contributed by atoms with van der Waals surface area (Å²) in [6.07, 6.45) is 2.40. The molecule has 0 radical (unpaired) electrons. The Morgan fingerprint density at radius 2 is 2.00 bits per heavy atom. The lowest BCUT2D eigenvalue weighted by Crippen LogP contribution is -2.29. The number of furan rings is 1. The maximum atomic E-state index is 11.7. The first-order valence-electron chi connectivity index (χ1n) is 6.93. The zero-order valence-corrected chi connectivity index (χ0v) is 11.7. The molecule has 0 aliphatic heterocycles. The number of nitrogens with zero attached hydrogens (tertiary/aromatic N) is 1. The molecule has 0 spiro atoms. The average Bonchev–Trinajstić information content (AvgIpc) is 3.02. The van der Waals surface area contributed by atoms with Crippen LogP contribution in [0.3, 0.4) is 0 Å². The second-order valence-corrected chi connectivity index (χ2v) is 4.50. The number of hydrogen-bond donors (Lipinski definition) is 1. The Labute approximate surface area is 119 Å². The number of amides is 1. The van der Waals surface area contributed by atoms with E-state index in [9.17, 15) is 4.79 Å². The molecule has 106 valence electrons. The van der Waals surface area contributed by atoms with Crippen LogP contribution in [0.1, 0.15) is 23.9 Å². The Morgan fingerprint density at radius 3 is 2.65 bits per heavy atom. The minimum Gasteiger partial charge on any atom is -0.459 e. The summed E-state index contributed by atoms with van der Waals surface area (Å²) >= 11 is 0. The summed E-state index contributed by atoms with van der Waals surface area (Å²) in [7, 11) is 0. The second kappa shape index (κ2) is 7.38. The van der Waals surface area contributed by atoms with Crippen LogP contribution in [0.4, 0.5) is 5.69 Å². The van der Waals surface area contributed by atoms with Crippen molar-refractivity contribution in [1.29, 1.82) is 0 Å². The van der Waals surface area contributed by atoms with E-state index in [1.54, 1.807) is 12.1 Å². The summed E-state index contributed by atoms with van der Waals surface area (Å²) in [5.41, 5.74) is 1.22. The summed E-state index contributed by atoms with van der Waals surface area (Å²) in [5, 5.41) is 2.86. The van der Waals surface area contributed by atoms with Crippen LogP contribution in [0.15, 0.2) is 53.1 Å². The minimum absolute atomic E-state index is 0.155. The first kappa shape index (κ1) is 14.2. The van der Waals surface area contributed by atoms with E-state index >= 15 is 0 Å². The smallest absolute Gasteiger partial charge is 0.286 e. The molecule has 0 bridgehead atoms. The van der Waals surface area contributed by atoms with Crippen molar-refractivity contribution in [3.8, 4) is 0 Å². The van der Waals surface area contributed by atoms with E-state index in [-0.39, 0.29) is 5.91 Å². The number of carbonyl (C=O) groups is 1. The van der Waals surface area contributed by atoms with Gasteiger partial charge in [-0.15, -0.1) is 0 Å². The maximum Gasteiger partial charge on any atom is 0.286 e. The molecule has 2 aromatic rings. The van der Waals surface area contributed by atoms with Crippen LogP contribution in [0.2, 0.25) is 0 Å². The van der Waals surface area contributed by atoms with E-state index in [2.05, 4.69) is 29.3 Å². The molecule has 1 amide bonds. The lowest BCUT2D eigenvalue weighted by molar-refractivity contribution is 0.0925. The summed E-state index contributed by atoms with van der Waals surface area (Å²) < 4.78 is 5.04. The van der Waals surface area contributed by atoms with Crippen molar-refractivity contribution in [2.24, 2.45) is 0 Å². The van der Waals surface area contributed by atoms with Gasteiger partial charge in [0.1, 0.15) is 0 Å². The standard InChI is InChI=1S/C16H20N2O2/c1-2-18(14-8-4-3-5-9-14)12-7-11-17-16(19)15-10-6-13-20-15/h3-6,8-10,13H,2,7,11-12H2,1H3,(H,17,19). The van der Waals surface area contributed by atoms with E-state index in [0.29, 0.717) is 12.3 Å². The summed E-state index contributed by atoms with van der Waals surface area (Å²) in [4.78, 5) is 14.0. The van der Waals surface area contributed by atoms with Gasteiger partial charge in [-0.2, -0.15) is 0 Å². The van der Waals surface area contributed by atoms with Gasteiger partial charge in [-0.3, -0.25) is 4.79 Å². The van der Waals surface area contributed by atoms with Gasteiger partial charge in [0, 0.05) is 25.3 Å². The number of para-hydroxylation sites is 1. The largest absolute Gasteiger partial charge is 0.459 e. The first-order valence-corrected chi connectivity index (χ1v) is 6.93. The highest BCUT2D eigenvalue weighted by molar-refractivity contribution is 5.91. The molecule has 2 rings (SSSR count). The van der Waals surface area contributed by atoms with Crippen LogP contribution in [0, 0.1) is 0 Å². The van der Waals surface area contributed by atoms with Crippen LogP contribution < -0.4 is 10.2 Å². The topological polar surface area (TPSA) is 45.5 Å². The summed E-state index contributed by atoms with van der Waals surface area (Å²) in [6.45, 7) is 4.65. The van der Waals surface area contributed by atoms with Crippen molar-refractivity contribution in [3.63, 3.8) is 0 Å². The highest BCUT2D eigenvalue weighted by Gasteiger charge is 2.07. The Morgan fingerprint density at radius 1 is 1.20 bits per heavy atom. The molecule has 4 heteroatoms. The third kappa shape index (κ3) is 3.88. The molecule has 0 unspecified atom stereocenters. The molecule has 0 atom stereocenters. The zero-order valence-electron chi connectivity index (χ0n) is 11.7. The lowest BCUT2D eigenvalue weighted by atomic mass is 10.2. The fraction of sp³-hybridized carbons (Fsp3) is 0.312. The molecule has 1 N–H and O–H groups in total. The monoisotopic (exact) mass is 272 g/mol. The fourth-order valence-corrected chi connectivity index (χ4v) is 2.08. The molecular weight excluding hydrogens is 252 g/mol. The molecule has 1 aromatic heterocycles. The van der Waals surface area contributed by atoms with Crippen molar-refractivity contribution in [1.82, 2.24) is 5.32 Å². The van der Waals surface area contributed by atoms with Crippen molar-refractivity contribution in [2.45, 2.75) is 13.3 Å². The van der Waals surface area contributed by atoms with E-state index < -0.39 is 0 Å². The maximum absolute atomic E-state index is 11.7. The third-order valence-electron chi connectivity index (χ3n) is 3.14. The average molecular weight is 272 g/mol. The van der Waals surface area contributed by atoms with Gasteiger partial charge in [-0.1, -0.05) is 18.2 Å². The molecule has 1 aromatic carbocycles. The summed E-state index contributed by atoms with van der Waals surface area (Å²) in [5.74, 6) is 0.207. The molecule has 0 saturated heterocycles. The highest BCUT2D eigenvalue weighted by atomic mass is 16.3. The van der Waals surface area contributed by atoms with Gasteiger partial charge in [0.05, 0.1) is 6.26 Å². The fourth-order valence-electron chi connectivity index (χ4n) is 2.08. The van der Waals surface area contributed by atoms with Gasteiger partial charge in [0.15, 0.2) is 5.76 Å². The predicted octanol–water partition coefficient (Wildman–Crippen LogP) is 2.93. The molecule has 20 heavy (non-hydrogen) atoms. The molecule has 1 heterocycles. The van der Waals surface area contributed by atoms with Crippen LogP contribution in [0.5, 0.6) is 0 Å². The van der Waals surface area contributed by atoms with Crippen molar-refractivity contribution >= 4 is 11.6 Å². The van der Waals surface area contributed by atoms with E-state index in [4.69, 9.17) is 4.42 Å². The van der Waals surface area contributed by atoms with Gasteiger partial charge in [-0.05, 0) is 37.6 Å². The zero-order chi connectivity index (χ0) is 14.2. The quantitative estimate of drug-likeness (QED) is 0.788. The van der Waals surface area contributed by atoms with Gasteiger partial charge in [0.25, 0.3) is 5.91 Å². The van der Waals surface area contributed by atoms with Gasteiger partial charge < -0.3 is 14.6 Å². The molecule has 4 nitrogen and oxygen atoms in total. The number of benzene rings is 1. The lowest BCUT2D eigenvalue weighted by Gasteiger charge is -2.23. The Hall–Kier alpha value is -2.23. The van der Waals surface area contributed by atoms with Crippen LogP contribution in [-0.4, -0.2) is 25.5 Å². The minimum atomic E-state index is -0.155. The Bertz CT molecular complexity index is 509. The number of hydrogen-bond acceptors (Lipinski definition) is 3. The number of rotatable bonds is 7. The number of carbonyl (C=O) groups excluding carboxylic acids is 1. The van der Waals surface area contributed by atoms with E-state index in [1.807, 2.05) is 18.2 Å².